The predicted octanol–water partition coefficient (Wildman–Crippen LogP) is 2.42. The molecule has 2 saturated carbocycles. The Balaban J connectivity index is 1.59. The molecule has 0 aromatic carbocycles. The molecular weight excluding hydrogens is 514 g/mol. The molecule has 2 fully saturated rings. The minimum atomic E-state index is -3.78. The van der Waals surface area contributed by atoms with Gasteiger partial charge in [0.15, 0.2) is 0 Å². The first-order chi connectivity index (χ1) is 17.8. The standard InChI is InChI=1S/C27H35NO9S/c1-5-38(33,34)35-14-26(3)18-12-20(30)27(4)23(25(18,2)9-8-19(26)29)22(31)21-17(37-27)11-16(36-24(21)32)15-7-6-10-28-13-15/h6-7,10-11,13,18-20,22-23,29-31H,5,8-9,12,14H2,1-4H3/t18-,19+,20+,22+,23-,25+,26+,27-/m1/s1. The van der Waals surface area contributed by atoms with Gasteiger partial charge in [-0.1, -0.05) is 13.8 Å². The van der Waals surface area contributed by atoms with Gasteiger partial charge < -0.3 is 24.5 Å². The number of aromatic nitrogens is 1. The molecule has 0 amide bonds. The summed E-state index contributed by atoms with van der Waals surface area (Å²) >= 11 is 0. The molecule has 38 heavy (non-hydrogen) atoms. The van der Waals surface area contributed by atoms with Crippen LogP contribution in [0.2, 0.25) is 0 Å². The fraction of sp³-hybridized carbons (Fsp3) is 0.630. The number of hydrogen-bond donors (Lipinski definition) is 3. The van der Waals surface area contributed by atoms with Crippen molar-refractivity contribution in [2.24, 2.45) is 22.7 Å². The molecule has 2 aromatic heterocycles. The first-order valence-corrected chi connectivity index (χ1v) is 14.5. The minimum Gasteiger partial charge on any atom is -0.484 e. The predicted molar refractivity (Wildman–Crippen MR) is 137 cm³/mol. The van der Waals surface area contributed by atoms with Crippen LogP contribution in [0.1, 0.15) is 58.6 Å². The molecule has 10 nitrogen and oxygen atoms in total. The summed E-state index contributed by atoms with van der Waals surface area (Å²) in [6, 6.07) is 4.98. The monoisotopic (exact) mass is 549 g/mol. The van der Waals surface area contributed by atoms with Gasteiger partial charge >= 0.3 is 5.63 Å². The molecule has 2 aromatic rings. The van der Waals surface area contributed by atoms with Crippen molar-refractivity contribution in [3.63, 3.8) is 0 Å². The van der Waals surface area contributed by atoms with Crippen molar-refractivity contribution in [2.45, 2.75) is 70.9 Å². The third-order valence-electron chi connectivity index (χ3n) is 9.50. The zero-order valence-corrected chi connectivity index (χ0v) is 22.8. The lowest BCUT2D eigenvalue weighted by molar-refractivity contribution is -0.263. The molecule has 1 aliphatic heterocycles. The van der Waals surface area contributed by atoms with Crippen molar-refractivity contribution in [3.05, 3.63) is 46.6 Å². The van der Waals surface area contributed by atoms with Gasteiger partial charge in [-0.2, -0.15) is 8.42 Å². The number of rotatable bonds is 5. The molecule has 3 N–H and O–H groups in total. The highest BCUT2D eigenvalue weighted by Crippen LogP contribution is 2.66. The lowest BCUT2D eigenvalue weighted by Gasteiger charge is -2.66. The fourth-order valence-electron chi connectivity index (χ4n) is 7.36. The molecule has 0 spiro atoms. The Morgan fingerprint density at radius 2 is 1.92 bits per heavy atom. The van der Waals surface area contributed by atoms with Crippen LogP contribution >= 0.6 is 0 Å². The summed E-state index contributed by atoms with van der Waals surface area (Å²) in [4.78, 5) is 17.3. The van der Waals surface area contributed by atoms with E-state index in [1.54, 1.807) is 38.4 Å². The maximum atomic E-state index is 13.2. The third kappa shape index (κ3) is 4.02. The van der Waals surface area contributed by atoms with Crippen molar-refractivity contribution in [2.75, 3.05) is 12.4 Å². The maximum absolute atomic E-state index is 13.2. The molecule has 2 aliphatic carbocycles. The molecule has 5 rings (SSSR count). The Labute approximate surface area is 221 Å². The molecular formula is C27H35NO9S. The van der Waals surface area contributed by atoms with Crippen LogP contribution < -0.4 is 10.4 Å². The van der Waals surface area contributed by atoms with Gasteiger partial charge in [0.2, 0.25) is 0 Å². The van der Waals surface area contributed by atoms with Crippen LogP contribution in [0, 0.1) is 22.7 Å². The summed E-state index contributed by atoms with van der Waals surface area (Å²) in [6.07, 6.45) is 0.826. The molecule has 0 unspecified atom stereocenters. The highest BCUT2D eigenvalue weighted by Gasteiger charge is 2.69. The lowest BCUT2D eigenvalue weighted by Crippen LogP contribution is -2.70. The lowest BCUT2D eigenvalue weighted by atomic mass is 9.42. The number of nitrogens with zero attached hydrogens (tertiary/aromatic N) is 1. The van der Waals surface area contributed by atoms with Crippen molar-refractivity contribution in [1.82, 2.24) is 4.98 Å². The van der Waals surface area contributed by atoms with Crippen LogP contribution in [0.4, 0.5) is 0 Å². The van der Waals surface area contributed by atoms with E-state index >= 15 is 0 Å². The SMILES string of the molecule is CCS(=O)(=O)OC[C@@]1(C)[C@@H]2C[C@H](O)[C@@]3(C)Oc4cc(-c5cccnc5)oc(=O)c4[C@H](O)[C@@H]3[C@@]2(C)CC[C@@H]1O. The van der Waals surface area contributed by atoms with Crippen LogP contribution in [0.3, 0.4) is 0 Å². The number of aliphatic hydroxyl groups is 3. The number of ether oxygens (including phenoxy) is 1. The fourth-order valence-corrected chi connectivity index (χ4v) is 7.96. The average molecular weight is 550 g/mol. The Bertz CT molecular complexity index is 1380. The van der Waals surface area contributed by atoms with E-state index in [1.165, 1.54) is 13.0 Å². The summed E-state index contributed by atoms with van der Waals surface area (Å²) in [6.45, 7) is 6.67. The number of aliphatic hydroxyl groups excluding tert-OH is 3. The van der Waals surface area contributed by atoms with E-state index in [0.717, 1.165) is 0 Å². The highest BCUT2D eigenvalue weighted by molar-refractivity contribution is 7.86. The molecule has 0 radical (unpaired) electrons. The number of fused-ring (bicyclic) bond motifs is 4. The van der Waals surface area contributed by atoms with Crippen LogP contribution in [-0.4, -0.2) is 58.9 Å². The molecule has 8 atom stereocenters. The van der Waals surface area contributed by atoms with Crippen LogP contribution in [0.15, 0.2) is 39.8 Å². The minimum absolute atomic E-state index is 0.0215. The topological polar surface area (TPSA) is 156 Å². The van der Waals surface area contributed by atoms with Gasteiger partial charge in [0.25, 0.3) is 10.1 Å². The first kappa shape index (κ1) is 27.3. The molecule has 0 bridgehead atoms. The van der Waals surface area contributed by atoms with E-state index < -0.39 is 62.3 Å². The van der Waals surface area contributed by atoms with E-state index in [4.69, 9.17) is 13.3 Å². The summed E-state index contributed by atoms with van der Waals surface area (Å²) in [5.41, 5.74) is -3.25. The summed E-state index contributed by atoms with van der Waals surface area (Å²) < 4.78 is 41.6. The number of hydrogen-bond acceptors (Lipinski definition) is 10. The van der Waals surface area contributed by atoms with Gasteiger partial charge in [-0.3, -0.25) is 9.17 Å². The van der Waals surface area contributed by atoms with E-state index in [9.17, 15) is 28.5 Å². The third-order valence-corrected chi connectivity index (χ3v) is 10.7. The molecule has 3 heterocycles. The van der Waals surface area contributed by atoms with Gasteiger partial charge in [-0.25, -0.2) is 4.79 Å². The van der Waals surface area contributed by atoms with E-state index in [2.05, 4.69) is 4.98 Å². The Morgan fingerprint density at radius 3 is 2.58 bits per heavy atom. The summed E-state index contributed by atoms with van der Waals surface area (Å²) in [5, 5.41) is 34.4. The van der Waals surface area contributed by atoms with Crippen LogP contribution in [0.5, 0.6) is 5.75 Å². The average Bonchev–Trinajstić information content (AvgIpc) is 2.87. The Morgan fingerprint density at radius 1 is 1.18 bits per heavy atom. The summed E-state index contributed by atoms with van der Waals surface area (Å²) in [5.74, 6) is -1.03. The van der Waals surface area contributed by atoms with Crippen molar-refractivity contribution in [1.29, 1.82) is 0 Å². The maximum Gasteiger partial charge on any atom is 0.345 e. The Kier molecular flexibility index (Phi) is 6.55. The summed E-state index contributed by atoms with van der Waals surface area (Å²) in [7, 11) is -3.78. The van der Waals surface area contributed by atoms with Gasteiger partial charge in [-0.05, 0) is 56.6 Å². The van der Waals surface area contributed by atoms with Crippen LogP contribution in [-0.2, 0) is 14.3 Å². The van der Waals surface area contributed by atoms with E-state index in [1.807, 2.05) is 6.92 Å². The number of pyridine rings is 1. The van der Waals surface area contributed by atoms with E-state index in [-0.39, 0.29) is 35.9 Å². The first-order valence-electron chi connectivity index (χ1n) is 13.0. The molecule has 11 heteroatoms. The van der Waals surface area contributed by atoms with E-state index in [0.29, 0.717) is 18.4 Å². The highest BCUT2D eigenvalue weighted by atomic mass is 32.2. The second-order valence-corrected chi connectivity index (χ2v) is 13.5. The van der Waals surface area contributed by atoms with Crippen molar-refractivity contribution >= 4 is 10.1 Å². The smallest absolute Gasteiger partial charge is 0.345 e. The molecule has 208 valence electrons. The second kappa shape index (κ2) is 9.12. The zero-order chi connectivity index (χ0) is 27.7. The van der Waals surface area contributed by atoms with Crippen LogP contribution in [0.25, 0.3) is 11.3 Å². The normalized spacial score (nSPS) is 38.4. The molecule has 0 saturated heterocycles. The Hall–Kier alpha value is -2.31. The van der Waals surface area contributed by atoms with Crippen molar-refractivity contribution in [3.8, 4) is 17.1 Å². The van der Waals surface area contributed by atoms with Gasteiger partial charge in [-0.15, -0.1) is 0 Å². The molecule has 3 aliphatic rings. The van der Waals surface area contributed by atoms with Crippen molar-refractivity contribution < 1.29 is 37.1 Å². The quantitative estimate of drug-likeness (QED) is 0.473. The zero-order valence-electron chi connectivity index (χ0n) is 22.0. The van der Waals surface area contributed by atoms with Gasteiger partial charge in [0.05, 0.1) is 30.7 Å². The van der Waals surface area contributed by atoms with Gasteiger partial charge in [0.1, 0.15) is 22.7 Å². The largest absolute Gasteiger partial charge is 0.484 e. The van der Waals surface area contributed by atoms with Gasteiger partial charge in [0, 0.05) is 35.4 Å². The second-order valence-electron chi connectivity index (χ2n) is 11.6.